The molecule has 4 nitrogen and oxygen atoms in total. The maximum atomic E-state index is 11.9. The van der Waals surface area contributed by atoms with E-state index < -0.39 is 0 Å². The molecule has 0 aliphatic rings. The lowest BCUT2D eigenvalue weighted by molar-refractivity contribution is -0.120. The van der Waals surface area contributed by atoms with Gasteiger partial charge in [0.25, 0.3) is 0 Å². The highest BCUT2D eigenvalue weighted by molar-refractivity contribution is 5.85. The standard InChI is InChI=1S/C19H22N2O2/c1-3-15(2)23-18-12-8-7-11-17(18)14-20-21-19(22)13-16-9-5-4-6-10-16/h4-12,14-15H,3,13H2,1-2H3,(H,21,22)/b20-14-/t15-/m0/s1. The number of carbonyl (C=O) groups is 1. The molecule has 0 saturated heterocycles. The van der Waals surface area contributed by atoms with Gasteiger partial charge in [0.15, 0.2) is 0 Å². The Balaban J connectivity index is 1.94. The van der Waals surface area contributed by atoms with E-state index in [-0.39, 0.29) is 12.0 Å². The highest BCUT2D eigenvalue weighted by atomic mass is 16.5. The van der Waals surface area contributed by atoms with Crippen LogP contribution in [-0.2, 0) is 11.2 Å². The molecule has 1 N–H and O–H groups in total. The fourth-order valence-electron chi connectivity index (χ4n) is 1.99. The summed E-state index contributed by atoms with van der Waals surface area (Å²) in [6.07, 6.45) is 2.99. The summed E-state index contributed by atoms with van der Waals surface area (Å²) in [6.45, 7) is 4.10. The molecule has 0 fully saturated rings. The first kappa shape index (κ1) is 16.7. The van der Waals surface area contributed by atoms with Crippen LogP contribution < -0.4 is 10.2 Å². The molecule has 0 radical (unpaired) electrons. The fraction of sp³-hybridized carbons (Fsp3) is 0.263. The minimum absolute atomic E-state index is 0.136. The molecule has 0 unspecified atom stereocenters. The van der Waals surface area contributed by atoms with Crippen LogP contribution in [0.2, 0.25) is 0 Å². The van der Waals surface area contributed by atoms with E-state index in [4.69, 9.17) is 4.74 Å². The monoisotopic (exact) mass is 310 g/mol. The van der Waals surface area contributed by atoms with Gasteiger partial charge in [-0.2, -0.15) is 5.10 Å². The Morgan fingerprint density at radius 2 is 1.87 bits per heavy atom. The van der Waals surface area contributed by atoms with Gasteiger partial charge in [-0.25, -0.2) is 5.43 Å². The Morgan fingerprint density at radius 3 is 2.61 bits per heavy atom. The molecule has 1 atom stereocenters. The van der Waals surface area contributed by atoms with E-state index >= 15 is 0 Å². The second-order valence-corrected chi connectivity index (χ2v) is 5.33. The zero-order valence-electron chi connectivity index (χ0n) is 13.5. The number of nitrogens with zero attached hydrogens (tertiary/aromatic N) is 1. The van der Waals surface area contributed by atoms with Crippen molar-refractivity contribution in [3.63, 3.8) is 0 Å². The van der Waals surface area contributed by atoms with Gasteiger partial charge in [0.1, 0.15) is 5.75 Å². The van der Waals surface area contributed by atoms with Crippen LogP contribution in [0.1, 0.15) is 31.4 Å². The number of nitrogens with one attached hydrogen (secondary N) is 1. The summed E-state index contributed by atoms with van der Waals surface area (Å²) in [5.74, 6) is 0.621. The molecule has 0 aromatic heterocycles. The number of benzene rings is 2. The van der Waals surface area contributed by atoms with Crippen molar-refractivity contribution in [3.05, 3.63) is 65.7 Å². The molecule has 0 bridgehead atoms. The van der Waals surface area contributed by atoms with Crippen LogP contribution in [-0.4, -0.2) is 18.2 Å². The number of hydrazone groups is 1. The van der Waals surface area contributed by atoms with E-state index in [1.807, 2.05) is 61.5 Å². The lowest BCUT2D eigenvalue weighted by Gasteiger charge is -2.14. The molecule has 0 aliphatic heterocycles. The van der Waals surface area contributed by atoms with Crippen molar-refractivity contribution in [3.8, 4) is 5.75 Å². The van der Waals surface area contributed by atoms with Crippen LogP contribution in [0.15, 0.2) is 59.7 Å². The minimum Gasteiger partial charge on any atom is -0.490 e. The molecule has 0 heterocycles. The third-order valence-corrected chi connectivity index (χ3v) is 3.42. The van der Waals surface area contributed by atoms with E-state index in [2.05, 4.69) is 17.5 Å². The van der Waals surface area contributed by atoms with Gasteiger partial charge in [0.2, 0.25) is 5.91 Å². The van der Waals surface area contributed by atoms with Gasteiger partial charge in [-0.05, 0) is 31.0 Å². The molecular formula is C19H22N2O2. The number of amides is 1. The van der Waals surface area contributed by atoms with Crippen LogP contribution >= 0.6 is 0 Å². The highest BCUT2D eigenvalue weighted by Gasteiger charge is 2.05. The van der Waals surface area contributed by atoms with Gasteiger partial charge in [0, 0.05) is 5.56 Å². The van der Waals surface area contributed by atoms with Gasteiger partial charge < -0.3 is 4.74 Å². The maximum absolute atomic E-state index is 11.9. The van der Waals surface area contributed by atoms with Crippen LogP contribution in [0.25, 0.3) is 0 Å². The van der Waals surface area contributed by atoms with Crippen molar-refractivity contribution in [1.82, 2.24) is 5.43 Å². The Labute approximate surface area is 137 Å². The van der Waals surface area contributed by atoms with Gasteiger partial charge in [-0.1, -0.05) is 49.4 Å². The first-order valence-corrected chi connectivity index (χ1v) is 7.80. The molecule has 0 aliphatic carbocycles. The quantitative estimate of drug-likeness (QED) is 0.628. The largest absolute Gasteiger partial charge is 0.490 e. The summed E-state index contributed by atoms with van der Waals surface area (Å²) in [5.41, 5.74) is 4.35. The minimum atomic E-state index is -0.146. The molecular weight excluding hydrogens is 288 g/mol. The molecule has 0 spiro atoms. The third-order valence-electron chi connectivity index (χ3n) is 3.42. The number of hydrogen-bond acceptors (Lipinski definition) is 3. The SMILES string of the molecule is CC[C@H](C)Oc1ccccc1/C=N\NC(=O)Cc1ccccc1. The Hall–Kier alpha value is -2.62. The second-order valence-electron chi connectivity index (χ2n) is 5.33. The average Bonchev–Trinajstić information content (AvgIpc) is 2.57. The van der Waals surface area contributed by atoms with Crippen LogP contribution in [0.4, 0.5) is 0 Å². The lowest BCUT2D eigenvalue weighted by atomic mass is 10.1. The molecule has 2 aromatic rings. The summed E-state index contributed by atoms with van der Waals surface area (Å²) in [4.78, 5) is 11.9. The van der Waals surface area contributed by atoms with Crippen LogP contribution in [0.3, 0.4) is 0 Å². The highest BCUT2D eigenvalue weighted by Crippen LogP contribution is 2.18. The Morgan fingerprint density at radius 1 is 1.17 bits per heavy atom. The topological polar surface area (TPSA) is 50.7 Å². The summed E-state index contributed by atoms with van der Waals surface area (Å²) < 4.78 is 5.84. The predicted octanol–water partition coefficient (Wildman–Crippen LogP) is 3.56. The summed E-state index contributed by atoms with van der Waals surface area (Å²) in [7, 11) is 0. The van der Waals surface area contributed by atoms with Crippen LogP contribution in [0, 0.1) is 0 Å². The van der Waals surface area contributed by atoms with Crippen molar-refractivity contribution in [2.75, 3.05) is 0 Å². The number of para-hydroxylation sites is 1. The molecule has 1 amide bonds. The van der Waals surface area contributed by atoms with E-state index in [0.717, 1.165) is 23.3 Å². The lowest BCUT2D eigenvalue weighted by Crippen LogP contribution is -2.19. The number of rotatable bonds is 7. The molecule has 0 saturated carbocycles. The van der Waals surface area contributed by atoms with Gasteiger partial charge in [-0.3, -0.25) is 4.79 Å². The zero-order valence-corrected chi connectivity index (χ0v) is 13.5. The average molecular weight is 310 g/mol. The van der Waals surface area contributed by atoms with Crippen molar-refractivity contribution in [1.29, 1.82) is 0 Å². The normalized spacial score (nSPS) is 12.1. The van der Waals surface area contributed by atoms with Gasteiger partial charge in [-0.15, -0.1) is 0 Å². The number of ether oxygens (including phenoxy) is 1. The van der Waals surface area contributed by atoms with Crippen molar-refractivity contribution in [2.24, 2.45) is 5.10 Å². The number of carbonyl (C=O) groups excluding carboxylic acids is 1. The Kier molecular flexibility index (Phi) is 6.36. The Bertz CT molecular complexity index is 653. The van der Waals surface area contributed by atoms with Crippen molar-refractivity contribution in [2.45, 2.75) is 32.8 Å². The predicted molar refractivity (Wildman–Crippen MR) is 92.7 cm³/mol. The van der Waals surface area contributed by atoms with Crippen LogP contribution in [0.5, 0.6) is 5.75 Å². The van der Waals surface area contributed by atoms with Gasteiger partial charge >= 0.3 is 0 Å². The molecule has 2 rings (SSSR count). The second kappa shape index (κ2) is 8.73. The molecule has 2 aromatic carbocycles. The van der Waals surface area contributed by atoms with Crippen molar-refractivity contribution >= 4 is 12.1 Å². The summed E-state index contributed by atoms with van der Waals surface area (Å²) in [5, 5.41) is 4.03. The molecule has 120 valence electrons. The van der Waals surface area contributed by atoms with Gasteiger partial charge in [0.05, 0.1) is 18.7 Å². The number of hydrogen-bond donors (Lipinski definition) is 1. The molecule has 23 heavy (non-hydrogen) atoms. The van der Waals surface area contributed by atoms with Crippen molar-refractivity contribution < 1.29 is 9.53 Å². The zero-order chi connectivity index (χ0) is 16.5. The summed E-state index contributed by atoms with van der Waals surface area (Å²) in [6, 6.07) is 17.2. The first-order chi connectivity index (χ1) is 11.2. The van der Waals surface area contributed by atoms with E-state index in [1.54, 1.807) is 6.21 Å². The van der Waals surface area contributed by atoms with E-state index in [0.29, 0.717) is 6.42 Å². The van der Waals surface area contributed by atoms with E-state index in [1.165, 1.54) is 0 Å². The molecule has 4 heteroatoms. The third kappa shape index (κ3) is 5.58. The maximum Gasteiger partial charge on any atom is 0.244 e. The summed E-state index contributed by atoms with van der Waals surface area (Å²) >= 11 is 0. The van der Waals surface area contributed by atoms with E-state index in [9.17, 15) is 4.79 Å². The smallest absolute Gasteiger partial charge is 0.244 e. The first-order valence-electron chi connectivity index (χ1n) is 7.80. The fourth-order valence-corrected chi connectivity index (χ4v) is 1.99.